The maximum absolute atomic E-state index is 13.2. The van der Waals surface area contributed by atoms with Crippen LogP contribution in [0.1, 0.15) is 252 Å². The van der Waals surface area contributed by atoms with Crippen molar-refractivity contribution in [1.29, 1.82) is 0 Å². The van der Waals surface area contributed by atoms with Gasteiger partial charge in [-0.15, -0.1) is 0 Å². The van der Waals surface area contributed by atoms with Crippen molar-refractivity contribution < 1.29 is 24.5 Å². The average molecular weight is 854 g/mol. The van der Waals surface area contributed by atoms with Gasteiger partial charge in [0.1, 0.15) is 6.10 Å². The van der Waals surface area contributed by atoms with E-state index in [0.717, 1.165) is 89.9 Å². The van der Waals surface area contributed by atoms with E-state index >= 15 is 0 Å². The summed E-state index contributed by atoms with van der Waals surface area (Å²) in [4.78, 5) is 26.1. The maximum Gasteiger partial charge on any atom is 0.306 e. The topological polar surface area (TPSA) is 95.9 Å². The molecule has 6 nitrogen and oxygen atoms in total. The molecular formula is C55H99NO5. The molecule has 0 saturated carbocycles. The lowest BCUT2D eigenvalue weighted by molar-refractivity contribution is -0.151. The number of carbonyl (C=O) groups is 2. The molecule has 0 bridgehead atoms. The number of unbranched alkanes of at least 4 members (excludes halogenated alkanes) is 24. The lowest BCUT2D eigenvalue weighted by Crippen LogP contribution is -2.46. The van der Waals surface area contributed by atoms with E-state index in [4.69, 9.17) is 4.74 Å². The Morgan fingerprint density at radius 2 is 0.885 bits per heavy atom. The fraction of sp³-hybridized carbons (Fsp3) is 0.782. The minimum atomic E-state index is -0.800. The standard InChI is InChI=1S/C55H99NO5/c1-4-7-10-13-16-19-22-25-26-27-28-30-33-36-39-42-45-48-55(60)61-51(46-43-40-37-34-31-24-21-18-15-12-9-6-3)49-54(59)56-52(50-57)53(58)47-44-41-38-35-32-29-23-20-17-14-11-8-5-2/h9,12,16,18-19,21,25-26,31,34,51-53,57-58H,4-8,10-11,13-15,17,20,22-24,27-30,32-33,35-50H2,1-3H3,(H,56,59)/b12-9+,19-16-,21-18+,26-25-,34-31+. The molecule has 0 radical (unpaired) electrons. The molecule has 354 valence electrons. The molecule has 0 heterocycles. The van der Waals surface area contributed by atoms with Crippen molar-refractivity contribution in [3.63, 3.8) is 0 Å². The molecule has 6 heteroatoms. The zero-order chi connectivity index (χ0) is 44.5. The number of ether oxygens (including phenoxy) is 1. The Hall–Kier alpha value is -2.44. The smallest absolute Gasteiger partial charge is 0.306 e. The third kappa shape index (κ3) is 44.0. The molecule has 0 spiro atoms. The number of rotatable bonds is 46. The fourth-order valence-corrected chi connectivity index (χ4v) is 7.65. The van der Waals surface area contributed by atoms with Crippen LogP contribution in [-0.2, 0) is 14.3 Å². The van der Waals surface area contributed by atoms with Crippen LogP contribution >= 0.6 is 0 Å². The number of aliphatic hydroxyl groups excluding tert-OH is 2. The normalized spacial score (nSPS) is 13.7. The van der Waals surface area contributed by atoms with E-state index in [0.29, 0.717) is 19.3 Å². The van der Waals surface area contributed by atoms with Crippen LogP contribution < -0.4 is 5.32 Å². The third-order valence-electron chi connectivity index (χ3n) is 11.6. The second kappa shape index (κ2) is 48.6. The largest absolute Gasteiger partial charge is 0.462 e. The van der Waals surface area contributed by atoms with E-state index < -0.39 is 18.2 Å². The van der Waals surface area contributed by atoms with Crippen LogP contribution in [0.3, 0.4) is 0 Å². The number of esters is 1. The second-order valence-corrected chi connectivity index (χ2v) is 17.5. The van der Waals surface area contributed by atoms with Crippen molar-refractivity contribution in [2.45, 2.75) is 270 Å². The summed E-state index contributed by atoms with van der Waals surface area (Å²) in [5.74, 6) is -0.520. The molecule has 0 aromatic rings. The first kappa shape index (κ1) is 58.6. The van der Waals surface area contributed by atoms with Gasteiger partial charge in [0.25, 0.3) is 0 Å². The highest BCUT2D eigenvalue weighted by Gasteiger charge is 2.24. The number of allylic oxidation sites excluding steroid dienone is 10. The van der Waals surface area contributed by atoms with Gasteiger partial charge >= 0.3 is 5.97 Å². The van der Waals surface area contributed by atoms with Crippen LogP contribution in [0.5, 0.6) is 0 Å². The Kier molecular flexibility index (Phi) is 46.6. The molecule has 1 amide bonds. The molecule has 3 unspecified atom stereocenters. The monoisotopic (exact) mass is 854 g/mol. The molecule has 0 fully saturated rings. The van der Waals surface area contributed by atoms with Crippen molar-refractivity contribution in [3.05, 3.63) is 60.8 Å². The number of carbonyl (C=O) groups excluding carboxylic acids is 2. The number of hydrogen-bond acceptors (Lipinski definition) is 5. The highest BCUT2D eigenvalue weighted by molar-refractivity contribution is 5.77. The first-order valence-electron chi connectivity index (χ1n) is 26.0. The van der Waals surface area contributed by atoms with E-state index in [1.165, 1.54) is 116 Å². The van der Waals surface area contributed by atoms with Crippen LogP contribution in [-0.4, -0.2) is 46.9 Å². The van der Waals surface area contributed by atoms with Crippen LogP contribution in [0.2, 0.25) is 0 Å². The van der Waals surface area contributed by atoms with Gasteiger partial charge in [-0.3, -0.25) is 9.59 Å². The van der Waals surface area contributed by atoms with Gasteiger partial charge in [-0.2, -0.15) is 0 Å². The van der Waals surface area contributed by atoms with Gasteiger partial charge in [-0.25, -0.2) is 0 Å². The van der Waals surface area contributed by atoms with Gasteiger partial charge < -0.3 is 20.3 Å². The van der Waals surface area contributed by atoms with E-state index in [1.807, 2.05) is 0 Å². The maximum atomic E-state index is 13.2. The molecule has 0 aliphatic rings. The number of nitrogens with one attached hydrogen (secondary N) is 1. The molecule has 61 heavy (non-hydrogen) atoms. The van der Waals surface area contributed by atoms with Crippen molar-refractivity contribution in [1.82, 2.24) is 5.32 Å². The summed E-state index contributed by atoms with van der Waals surface area (Å²) in [6.45, 7) is 6.33. The van der Waals surface area contributed by atoms with E-state index in [2.05, 4.69) is 86.8 Å². The minimum absolute atomic E-state index is 0.0474. The number of hydrogen-bond donors (Lipinski definition) is 3. The summed E-state index contributed by atoms with van der Waals surface area (Å²) >= 11 is 0. The van der Waals surface area contributed by atoms with Crippen molar-refractivity contribution in [2.24, 2.45) is 0 Å². The fourth-order valence-electron chi connectivity index (χ4n) is 7.65. The lowest BCUT2D eigenvalue weighted by atomic mass is 10.0. The van der Waals surface area contributed by atoms with Crippen molar-refractivity contribution in [3.8, 4) is 0 Å². The molecule has 0 aliphatic carbocycles. The Labute approximate surface area is 378 Å². The van der Waals surface area contributed by atoms with Crippen molar-refractivity contribution >= 4 is 11.9 Å². The van der Waals surface area contributed by atoms with Gasteiger partial charge in [-0.1, -0.05) is 210 Å². The molecule has 3 atom stereocenters. The van der Waals surface area contributed by atoms with Gasteiger partial charge in [0.2, 0.25) is 5.91 Å². The molecular weight excluding hydrogens is 755 g/mol. The zero-order valence-corrected chi connectivity index (χ0v) is 40.3. The first-order chi connectivity index (χ1) is 30.0. The summed E-state index contributed by atoms with van der Waals surface area (Å²) < 4.78 is 5.91. The van der Waals surface area contributed by atoms with Gasteiger partial charge in [0.15, 0.2) is 0 Å². The highest BCUT2D eigenvalue weighted by Crippen LogP contribution is 2.17. The molecule has 0 aliphatic heterocycles. The molecule has 0 saturated heterocycles. The summed E-state index contributed by atoms with van der Waals surface area (Å²) in [6.07, 6.45) is 60.0. The summed E-state index contributed by atoms with van der Waals surface area (Å²) in [7, 11) is 0. The molecule has 3 N–H and O–H groups in total. The predicted octanol–water partition coefficient (Wildman–Crippen LogP) is 15.6. The quantitative estimate of drug-likeness (QED) is 0.0322. The van der Waals surface area contributed by atoms with Crippen molar-refractivity contribution in [2.75, 3.05) is 6.61 Å². The van der Waals surface area contributed by atoms with Crippen LogP contribution in [0.4, 0.5) is 0 Å². The van der Waals surface area contributed by atoms with Crippen LogP contribution in [0.25, 0.3) is 0 Å². The molecule has 0 aromatic carbocycles. The lowest BCUT2D eigenvalue weighted by Gasteiger charge is -2.24. The Morgan fingerprint density at radius 3 is 1.39 bits per heavy atom. The van der Waals surface area contributed by atoms with E-state index in [1.54, 1.807) is 0 Å². The Morgan fingerprint density at radius 1 is 0.492 bits per heavy atom. The Balaban J connectivity index is 4.59. The molecule has 0 rings (SSSR count). The van der Waals surface area contributed by atoms with E-state index in [-0.39, 0.29) is 24.9 Å². The number of amides is 1. The Bertz CT molecular complexity index is 1090. The third-order valence-corrected chi connectivity index (χ3v) is 11.6. The van der Waals surface area contributed by atoms with E-state index in [9.17, 15) is 19.8 Å². The van der Waals surface area contributed by atoms with Crippen LogP contribution in [0, 0.1) is 0 Å². The molecule has 0 aromatic heterocycles. The zero-order valence-electron chi connectivity index (χ0n) is 40.3. The SMILES string of the molecule is CC/C=C/C/C=C/C/C=C/CCCCC(CC(=O)NC(CO)C(O)CCCCCCCCCCCCCCC)OC(=O)CCCCCCCCC/C=C\C/C=C\CCCCC. The summed E-state index contributed by atoms with van der Waals surface area (Å²) in [5, 5.41) is 23.7. The average Bonchev–Trinajstić information content (AvgIpc) is 3.25. The van der Waals surface area contributed by atoms with Crippen LogP contribution in [0.15, 0.2) is 60.8 Å². The predicted molar refractivity (Wildman–Crippen MR) is 264 cm³/mol. The number of aliphatic hydroxyl groups is 2. The minimum Gasteiger partial charge on any atom is -0.462 e. The summed E-state index contributed by atoms with van der Waals surface area (Å²) in [5.41, 5.74) is 0. The first-order valence-corrected chi connectivity index (χ1v) is 26.0. The second-order valence-electron chi connectivity index (χ2n) is 17.5. The van der Waals surface area contributed by atoms with Gasteiger partial charge in [-0.05, 0) is 89.9 Å². The summed E-state index contributed by atoms with van der Waals surface area (Å²) in [6, 6.07) is -0.716. The van der Waals surface area contributed by atoms with Gasteiger partial charge in [0, 0.05) is 6.42 Å². The van der Waals surface area contributed by atoms with Gasteiger partial charge in [0.05, 0.1) is 25.2 Å². The highest BCUT2D eigenvalue weighted by atomic mass is 16.5.